The molecule has 0 heterocycles. The van der Waals surface area contributed by atoms with Gasteiger partial charge in [0.15, 0.2) is 0 Å². The molecule has 9 aromatic carbocycles. The van der Waals surface area contributed by atoms with E-state index >= 15 is 0 Å². The Morgan fingerprint density at radius 2 is 0.432 bits per heavy atom. The molecule has 456 valence electrons. The maximum atomic E-state index is 14.0. The van der Waals surface area contributed by atoms with Crippen molar-refractivity contribution in [3.8, 4) is 0 Å². The van der Waals surface area contributed by atoms with Crippen LogP contribution in [0.25, 0.3) is 0 Å². The molecule has 0 N–H and O–H groups in total. The Labute approximate surface area is 524 Å². The monoisotopic (exact) mass is 1230 g/mol. The van der Waals surface area contributed by atoms with Crippen molar-refractivity contribution < 1.29 is 33.4 Å². The molecule has 88 heavy (non-hydrogen) atoms. The fourth-order valence-corrected chi connectivity index (χ4v) is 27.9. The van der Waals surface area contributed by atoms with Crippen molar-refractivity contribution in [2.45, 2.75) is 84.0 Å². The Kier molecular flexibility index (Phi) is 24.4. The van der Waals surface area contributed by atoms with Crippen molar-refractivity contribution in [1.29, 1.82) is 0 Å². The molecule has 0 spiro atoms. The quantitative estimate of drug-likeness (QED) is 0.0172. The number of hydrogen-bond donors (Lipinski definition) is 0. The number of carbonyl (C=O) groups is 4. The zero-order chi connectivity index (χ0) is 61.2. The molecule has 0 aliphatic carbocycles. The number of hydrogen-bond acceptors (Lipinski definition) is 7. The molecule has 0 aromatic heterocycles. The predicted octanol–water partition coefficient (Wildman–Crippen LogP) is 13.1. The van der Waals surface area contributed by atoms with Crippen molar-refractivity contribution >= 4 is 93.2 Å². The zero-order valence-corrected chi connectivity index (χ0v) is 54.1. The Bertz CT molecular complexity index is 2870. The number of benzene rings is 9. The molecule has 0 saturated heterocycles. The van der Waals surface area contributed by atoms with Gasteiger partial charge in [-0.3, -0.25) is 0 Å². The molecule has 0 aliphatic rings. The average Bonchev–Trinajstić information content (AvgIpc) is 2.31. The summed E-state index contributed by atoms with van der Waals surface area (Å²) in [4.78, 5) is 55.3. The van der Waals surface area contributed by atoms with Gasteiger partial charge in [-0.25, -0.2) is 0 Å². The summed E-state index contributed by atoms with van der Waals surface area (Å²) in [5, 5.41) is 12.1. The Hall–Kier alpha value is -7.65. The van der Waals surface area contributed by atoms with Crippen LogP contribution in [0.15, 0.2) is 273 Å². The summed E-state index contributed by atoms with van der Waals surface area (Å²) in [5.74, 6) is -1.76. The van der Waals surface area contributed by atoms with Crippen molar-refractivity contribution in [2.75, 3.05) is 38.3 Å². The van der Waals surface area contributed by atoms with Crippen LogP contribution < -0.4 is 47.7 Å². The van der Waals surface area contributed by atoms with Crippen LogP contribution in [0.1, 0.15) is 84.0 Å². The standard InChI is InChI=1S/C78H87O7P3/c1-65(79)78(62-83-75(80)56-32-11-35-59-86(66-38-14-2-15-39-66,67-40-16-3-17-41-67)68-42-18-4-19-43-68,63-84-76(81)57-33-12-36-60-87(69-44-20-5-21-45-69,70-46-22-6-23-47-70)71-48-24-7-25-49-71)64-85-77(82)58-34-13-37-61-88(72-50-26-8-27-51-72,73-52-28-9-29-53-73)74-54-30-10-31-55-74/h2-10,14-31,38-55,86-88H,11-13,32-37,56-64H2,1H3. The van der Waals surface area contributed by atoms with Crippen molar-refractivity contribution in [1.82, 2.24) is 0 Å². The second kappa shape index (κ2) is 33.1. The normalized spacial score (nSPS) is 12.9. The van der Waals surface area contributed by atoms with Gasteiger partial charge in [0.2, 0.25) is 0 Å². The predicted molar refractivity (Wildman–Crippen MR) is 376 cm³/mol. The Morgan fingerprint density at radius 1 is 0.261 bits per heavy atom. The SMILES string of the molecule is CC(=O)C(COC(=O)CCCCC[PH](c1ccccc1)(c1ccccc1)c1ccccc1)(COC(=O)CCCCC[PH](c1ccccc1)(c1ccccc1)c1ccccc1)COC(=O)CCCCC[PH](c1ccccc1)(c1ccccc1)c1ccccc1. The number of unbranched alkanes of at least 4 members (excludes halogenated alkanes) is 6. The zero-order valence-electron chi connectivity index (χ0n) is 51.1. The van der Waals surface area contributed by atoms with Crippen LogP contribution >= 0.6 is 21.8 Å². The molecule has 0 unspecified atom stereocenters. The molecule has 0 amide bonds. The van der Waals surface area contributed by atoms with E-state index in [1.54, 1.807) is 0 Å². The second-order valence-electron chi connectivity index (χ2n) is 23.5. The molecule has 0 fully saturated rings. The van der Waals surface area contributed by atoms with E-state index in [2.05, 4.69) is 273 Å². The summed E-state index contributed by atoms with van der Waals surface area (Å²) in [6.07, 6.45) is 10.2. The first-order chi connectivity index (χ1) is 43.2. The molecule has 9 aromatic rings. The van der Waals surface area contributed by atoms with Gasteiger partial charge < -0.3 is 0 Å². The summed E-state index contributed by atoms with van der Waals surface area (Å²) in [7, 11) is -7.33. The number of ether oxygens (including phenoxy) is 3. The van der Waals surface area contributed by atoms with E-state index in [-0.39, 0.29) is 39.1 Å². The fourth-order valence-electron chi connectivity index (χ4n) is 13.1. The van der Waals surface area contributed by atoms with Gasteiger partial charge in [0.05, 0.1) is 0 Å². The van der Waals surface area contributed by atoms with E-state index in [9.17, 15) is 19.2 Å². The first-order valence-corrected chi connectivity index (χ1v) is 38.3. The minimum absolute atomic E-state index is 0.149. The summed E-state index contributed by atoms with van der Waals surface area (Å²) in [5.41, 5.74) is -1.59. The third kappa shape index (κ3) is 16.3. The maximum absolute atomic E-state index is 14.0. The molecule has 10 heteroatoms. The fraction of sp³-hybridized carbons (Fsp3) is 0.256. The van der Waals surface area contributed by atoms with Crippen LogP contribution in [0, 0.1) is 5.41 Å². The van der Waals surface area contributed by atoms with Gasteiger partial charge in [-0.2, -0.15) is 0 Å². The van der Waals surface area contributed by atoms with Gasteiger partial charge in [0.25, 0.3) is 0 Å². The summed E-state index contributed by atoms with van der Waals surface area (Å²) < 4.78 is 17.9. The number of esters is 3. The summed E-state index contributed by atoms with van der Waals surface area (Å²) in [6, 6.07) is 97.5. The molecular weight excluding hydrogens is 1140 g/mol. The molecule has 0 atom stereocenters. The van der Waals surface area contributed by atoms with E-state index < -0.39 is 50.9 Å². The van der Waals surface area contributed by atoms with Crippen molar-refractivity contribution in [3.05, 3.63) is 273 Å². The Morgan fingerprint density at radius 3 is 0.591 bits per heavy atom. The average molecular weight is 1230 g/mol. The van der Waals surface area contributed by atoms with Gasteiger partial charge in [-0.05, 0) is 0 Å². The number of Topliss-reactive ketones (excluding diaryl/α,β-unsaturated/α-hetero) is 1. The van der Waals surface area contributed by atoms with E-state index in [1.165, 1.54) is 54.7 Å². The van der Waals surface area contributed by atoms with Crippen LogP contribution in [0.2, 0.25) is 0 Å². The van der Waals surface area contributed by atoms with Gasteiger partial charge in [0.1, 0.15) is 0 Å². The van der Waals surface area contributed by atoms with Crippen molar-refractivity contribution in [2.24, 2.45) is 5.41 Å². The summed E-state index contributed by atoms with van der Waals surface area (Å²) in [6.45, 7) is 0.237. The number of ketones is 1. The molecule has 9 rings (SSSR count). The van der Waals surface area contributed by atoms with E-state index in [1.807, 2.05) is 0 Å². The minimum atomic E-state index is -2.44. The van der Waals surface area contributed by atoms with Crippen LogP contribution in [-0.2, 0) is 33.4 Å². The molecular formula is C78H87O7P3. The van der Waals surface area contributed by atoms with Gasteiger partial charge in [-0.15, -0.1) is 0 Å². The molecule has 0 bridgehead atoms. The summed E-state index contributed by atoms with van der Waals surface area (Å²) >= 11 is 0. The Balaban J connectivity index is 0.838. The number of carbonyl (C=O) groups excluding carboxylic acids is 4. The van der Waals surface area contributed by atoms with Crippen molar-refractivity contribution in [3.63, 3.8) is 0 Å². The first kappa shape index (κ1) is 64.8. The van der Waals surface area contributed by atoms with Gasteiger partial charge in [0, 0.05) is 0 Å². The molecule has 7 nitrogen and oxygen atoms in total. The van der Waals surface area contributed by atoms with Crippen LogP contribution in [0.3, 0.4) is 0 Å². The molecule has 0 radical (unpaired) electrons. The van der Waals surface area contributed by atoms with Gasteiger partial charge in [-0.1, -0.05) is 0 Å². The first-order valence-electron chi connectivity index (χ1n) is 31.7. The third-order valence-electron chi connectivity index (χ3n) is 18.0. The second-order valence-corrected chi connectivity index (χ2v) is 35.6. The van der Waals surface area contributed by atoms with Crippen LogP contribution in [0.4, 0.5) is 0 Å². The van der Waals surface area contributed by atoms with E-state index in [0.29, 0.717) is 19.3 Å². The topological polar surface area (TPSA) is 96.0 Å². The van der Waals surface area contributed by atoms with Gasteiger partial charge >= 0.3 is 527 Å². The third-order valence-corrected chi connectivity index (χ3v) is 33.2. The van der Waals surface area contributed by atoms with Crippen LogP contribution in [-0.4, -0.2) is 62.0 Å². The van der Waals surface area contributed by atoms with E-state index in [4.69, 9.17) is 14.2 Å². The number of rotatable bonds is 34. The molecule has 0 saturated carbocycles. The van der Waals surface area contributed by atoms with E-state index in [0.717, 1.165) is 57.0 Å². The van der Waals surface area contributed by atoms with Crippen LogP contribution in [0.5, 0.6) is 0 Å². The molecule has 0 aliphatic heterocycles.